The number of piperazine rings is 1. The fourth-order valence-electron chi connectivity index (χ4n) is 2.94. The van der Waals surface area contributed by atoms with Gasteiger partial charge < -0.3 is 5.32 Å². The van der Waals surface area contributed by atoms with Gasteiger partial charge in [-0.1, -0.05) is 30.3 Å². The van der Waals surface area contributed by atoms with Crippen LogP contribution in [0, 0.1) is 11.6 Å². The molecule has 0 radical (unpaired) electrons. The van der Waals surface area contributed by atoms with E-state index in [4.69, 9.17) is 0 Å². The molecule has 9 heteroatoms. The molecule has 0 spiro atoms. The Morgan fingerprint density at radius 3 is 2.41 bits per heavy atom. The predicted molar refractivity (Wildman–Crippen MR) is 107 cm³/mol. The third-order valence-electron chi connectivity index (χ3n) is 4.49. The average Bonchev–Trinajstić information content (AvgIpc) is 2.70. The first-order valence-electron chi connectivity index (χ1n) is 9.04. The van der Waals surface area contributed by atoms with Crippen LogP contribution in [0.1, 0.15) is 5.56 Å². The van der Waals surface area contributed by atoms with Crippen molar-refractivity contribution in [1.82, 2.24) is 9.21 Å². The van der Waals surface area contributed by atoms with E-state index in [1.54, 1.807) is 11.0 Å². The van der Waals surface area contributed by atoms with Crippen LogP contribution in [-0.2, 0) is 14.8 Å². The highest BCUT2D eigenvalue weighted by Gasteiger charge is 2.26. The molecule has 29 heavy (non-hydrogen) atoms. The highest BCUT2D eigenvalue weighted by molar-refractivity contribution is 7.92. The van der Waals surface area contributed by atoms with Crippen LogP contribution in [-0.4, -0.2) is 56.3 Å². The second kappa shape index (κ2) is 9.25. The number of amides is 1. The normalized spacial score (nSPS) is 16.2. The van der Waals surface area contributed by atoms with Crippen molar-refractivity contribution in [3.05, 3.63) is 71.1 Å². The Hall–Kier alpha value is -2.62. The van der Waals surface area contributed by atoms with E-state index in [0.717, 1.165) is 23.8 Å². The molecule has 1 saturated heterocycles. The van der Waals surface area contributed by atoms with Gasteiger partial charge in [0, 0.05) is 37.7 Å². The van der Waals surface area contributed by atoms with Crippen LogP contribution in [0.15, 0.2) is 53.9 Å². The van der Waals surface area contributed by atoms with E-state index >= 15 is 0 Å². The Morgan fingerprint density at radius 2 is 1.72 bits per heavy atom. The summed E-state index contributed by atoms with van der Waals surface area (Å²) >= 11 is 0. The SMILES string of the molecule is O=C(CN1CCN(S(=O)(=O)C=Cc2ccccc2)CC1)Nc1cc(F)ccc1F. The molecule has 1 aliphatic rings. The van der Waals surface area contributed by atoms with Crippen LogP contribution in [0.25, 0.3) is 6.08 Å². The molecular weight excluding hydrogens is 400 g/mol. The molecule has 3 rings (SSSR count). The summed E-state index contributed by atoms with van der Waals surface area (Å²) < 4.78 is 53.1. The Kier molecular flexibility index (Phi) is 6.73. The van der Waals surface area contributed by atoms with Crippen LogP contribution in [0.3, 0.4) is 0 Å². The van der Waals surface area contributed by atoms with E-state index in [0.29, 0.717) is 13.1 Å². The summed E-state index contributed by atoms with van der Waals surface area (Å²) in [6.07, 6.45) is 1.54. The molecule has 0 saturated carbocycles. The number of nitrogens with zero attached hydrogens (tertiary/aromatic N) is 2. The lowest BCUT2D eigenvalue weighted by Gasteiger charge is -2.32. The fourth-order valence-corrected chi connectivity index (χ4v) is 4.12. The van der Waals surface area contributed by atoms with Crippen molar-refractivity contribution in [2.45, 2.75) is 0 Å². The molecule has 2 aromatic carbocycles. The Morgan fingerprint density at radius 1 is 1.03 bits per heavy atom. The first-order chi connectivity index (χ1) is 13.8. The van der Waals surface area contributed by atoms with Gasteiger partial charge in [0.2, 0.25) is 15.9 Å². The lowest BCUT2D eigenvalue weighted by atomic mass is 10.2. The number of carbonyl (C=O) groups excluding carboxylic acids is 1. The quantitative estimate of drug-likeness (QED) is 0.778. The number of sulfonamides is 1. The summed E-state index contributed by atoms with van der Waals surface area (Å²) in [4.78, 5) is 13.9. The maximum atomic E-state index is 13.6. The molecule has 0 unspecified atom stereocenters. The number of nitrogens with one attached hydrogen (secondary N) is 1. The lowest BCUT2D eigenvalue weighted by Crippen LogP contribution is -2.49. The van der Waals surface area contributed by atoms with Crippen molar-refractivity contribution in [3.8, 4) is 0 Å². The smallest absolute Gasteiger partial charge is 0.238 e. The van der Waals surface area contributed by atoms with Crippen LogP contribution < -0.4 is 5.32 Å². The summed E-state index contributed by atoms with van der Waals surface area (Å²) in [7, 11) is -3.56. The molecule has 1 aliphatic heterocycles. The number of anilines is 1. The zero-order chi connectivity index (χ0) is 20.9. The summed E-state index contributed by atoms with van der Waals surface area (Å²) in [5, 5.41) is 3.52. The maximum absolute atomic E-state index is 13.6. The Bertz CT molecular complexity index is 989. The topological polar surface area (TPSA) is 69.7 Å². The number of halogens is 2. The van der Waals surface area contributed by atoms with Gasteiger partial charge in [-0.3, -0.25) is 9.69 Å². The van der Waals surface area contributed by atoms with Gasteiger partial charge in [-0.2, -0.15) is 4.31 Å². The third kappa shape index (κ3) is 5.93. The van der Waals surface area contributed by atoms with Crippen molar-refractivity contribution in [3.63, 3.8) is 0 Å². The van der Waals surface area contributed by atoms with Crippen molar-refractivity contribution in [1.29, 1.82) is 0 Å². The number of carbonyl (C=O) groups is 1. The molecule has 1 heterocycles. The number of hydrogen-bond donors (Lipinski definition) is 1. The first-order valence-corrected chi connectivity index (χ1v) is 10.5. The predicted octanol–water partition coefficient (Wildman–Crippen LogP) is 2.52. The molecule has 0 aliphatic carbocycles. The van der Waals surface area contributed by atoms with Crippen molar-refractivity contribution in [2.75, 3.05) is 38.0 Å². The molecule has 2 aromatic rings. The lowest BCUT2D eigenvalue weighted by molar-refractivity contribution is -0.117. The van der Waals surface area contributed by atoms with Gasteiger partial charge >= 0.3 is 0 Å². The van der Waals surface area contributed by atoms with Gasteiger partial charge in [0.15, 0.2) is 0 Å². The summed E-state index contributed by atoms with van der Waals surface area (Å²) in [5.41, 5.74) is 0.568. The third-order valence-corrected chi connectivity index (χ3v) is 6.06. The van der Waals surface area contributed by atoms with Gasteiger partial charge in [0.1, 0.15) is 11.6 Å². The fraction of sp³-hybridized carbons (Fsp3) is 0.250. The molecule has 0 aromatic heterocycles. The zero-order valence-electron chi connectivity index (χ0n) is 15.6. The zero-order valence-corrected chi connectivity index (χ0v) is 16.4. The minimum absolute atomic E-state index is 0.0380. The molecule has 1 amide bonds. The van der Waals surface area contributed by atoms with Crippen LogP contribution in [0.5, 0.6) is 0 Å². The van der Waals surface area contributed by atoms with Crippen LogP contribution in [0.2, 0.25) is 0 Å². The highest BCUT2D eigenvalue weighted by atomic mass is 32.2. The maximum Gasteiger partial charge on any atom is 0.238 e. The second-order valence-electron chi connectivity index (χ2n) is 6.61. The summed E-state index contributed by atoms with van der Waals surface area (Å²) in [5.74, 6) is -1.86. The molecule has 6 nitrogen and oxygen atoms in total. The monoisotopic (exact) mass is 421 g/mol. The van der Waals surface area contributed by atoms with Crippen molar-refractivity contribution >= 4 is 27.7 Å². The van der Waals surface area contributed by atoms with E-state index in [2.05, 4.69) is 5.32 Å². The minimum atomic E-state index is -3.56. The molecular formula is C20H21F2N3O3S. The van der Waals surface area contributed by atoms with E-state index in [-0.39, 0.29) is 25.3 Å². The Labute approximate surface area is 168 Å². The van der Waals surface area contributed by atoms with Gasteiger partial charge in [-0.05, 0) is 23.8 Å². The van der Waals surface area contributed by atoms with Gasteiger partial charge in [0.25, 0.3) is 0 Å². The van der Waals surface area contributed by atoms with Crippen LogP contribution >= 0.6 is 0 Å². The largest absolute Gasteiger partial charge is 0.322 e. The first kappa shape index (κ1) is 21.1. The summed E-state index contributed by atoms with van der Waals surface area (Å²) in [6.45, 7) is 1.16. The molecule has 1 fully saturated rings. The van der Waals surface area contributed by atoms with E-state index in [9.17, 15) is 22.0 Å². The van der Waals surface area contributed by atoms with Crippen molar-refractivity contribution in [2.24, 2.45) is 0 Å². The number of benzene rings is 2. The molecule has 0 bridgehead atoms. The van der Waals surface area contributed by atoms with E-state index in [1.807, 2.05) is 30.3 Å². The highest BCUT2D eigenvalue weighted by Crippen LogP contribution is 2.16. The summed E-state index contributed by atoms with van der Waals surface area (Å²) in [6, 6.07) is 11.9. The molecule has 154 valence electrons. The molecule has 0 atom stereocenters. The Balaban J connectivity index is 1.51. The number of rotatable bonds is 6. The second-order valence-corrected chi connectivity index (χ2v) is 8.42. The minimum Gasteiger partial charge on any atom is -0.322 e. The van der Waals surface area contributed by atoms with Crippen molar-refractivity contribution < 1.29 is 22.0 Å². The van der Waals surface area contributed by atoms with Gasteiger partial charge in [0.05, 0.1) is 12.2 Å². The van der Waals surface area contributed by atoms with E-state index in [1.165, 1.54) is 9.71 Å². The van der Waals surface area contributed by atoms with Gasteiger partial charge in [-0.25, -0.2) is 17.2 Å². The average molecular weight is 421 g/mol. The van der Waals surface area contributed by atoms with Crippen LogP contribution in [0.4, 0.5) is 14.5 Å². The number of hydrogen-bond acceptors (Lipinski definition) is 4. The van der Waals surface area contributed by atoms with E-state index < -0.39 is 27.6 Å². The molecule has 1 N–H and O–H groups in total. The standard InChI is InChI=1S/C20H21F2N3O3S/c21-17-6-7-18(22)19(14-17)23-20(26)15-24-9-11-25(12-10-24)29(27,28)13-8-16-4-2-1-3-5-16/h1-8,13-14H,9-12,15H2,(H,23,26). The van der Waals surface area contributed by atoms with Gasteiger partial charge in [-0.15, -0.1) is 0 Å².